The van der Waals surface area contributed by atoms with E-state index in [-0.39, 0.29) is 24.1 Å². The lowest BCUT2D eigenvalue weighted by Crippen LogP contribution is -2.33. The average molecular weight is 410 g/mol. The van der Waals surface area contributed by atoms with Crippen LogP contribution >= 0.6 is 11.3 Å². The lowest BCUT2D eigenvalue weighted by Gasteiger charge is -2.22. The molecule has 0 aliphatic heterocycles. The molecule has 0 unspecified atom stereocenters. The molecule has 146 valence electrons. The highest BCUT2D eigenvalue weighted by Gasteiger charge is 2.34. The predicted octanol–water partition coefficient (Wildman–Crippen LogP) is 4.57. The minimum atomic E-state index is -0.645. The summed E-state index contributed by atoms with van der Waals surface area (Å²) in [7, 11) is 0. The van der Waals surface area contributed by atoms with Crippen molar-refractivity contribution in [2.45, 2.75) is 25.4 Å². The van der Waals surface area contributed by atoms with Crippen LogP contribution < -0.4 is 0 Å². The topological polar surface area (TPSA) is 51.0 Å². The van der Waals surface area contributed by atoms with Crippen LogP contribution in [0.1, 0.15) is 28.8 Å². The van der Waals surface area contributed by atoms with Crippen LogP contribution in [0.4, 0.5) is 8.78 Å². The Kier molecular flexibility index (Phi) is 4.35. The molecule has 0 spiro atoms. The van der Waals surface area contributed by atoms with Crippen LogP contribution in [0.25, 0.3) is 15.3 Å². The van der Waals surface area contributed by atoms with E-state index in [1.165, 1.54) is 40.6 Å². The van der Waals surface area contributed by atoms with E-state index in [1.807, 2.05) is 24.3 Å². The molecular formula is C21H16F2N4OS. The zero-order valence-electron chi connectivity index (χ0n) is 15.3. The third-order valence-electron chi connectivity index (χ3n) is 4.95. The van der Waals surface area contributed by atoms with Crippen LogP contribution in [-0.2, 0) is 6.54 Å². The largest absolute Gasteiger partial charge is 0.331 e. The quantitative estimate of drug-likeness (QED) is 0.485. The first-order valence-electron chi connectivity index (χ1n) is 9.24. The van der Waals surface area contributed by atoms with Gasteiger partial charge in [0.25, 0.3) is 5.91 Å². The standard InChI is InChI=1S/C21H16F2N4OS/c22-16-4-3-5-17(23)15(16)12-26(14-8-9-14)20(28)13-10-24-27(11-13)21-25-18-6-1-2-7-19(18)29-21/h1-7,10-11,14H,8-9,12H2. The van der Waals surface area contributed by atoms with Crippen molar-refractivity contribution in [2.24, 2.45) is 0 Å². The Morgan fingerprint density at radius 2 is 1.90 bits per heavy atom. The van der Waals surface area contributed by atoms with Crippen molar-refractivity contribution in [3.63, 3.8) is 0 Å². The second-order valence-electron chi connectivity index (χ2n) is 7.00. The van der Waals surface area contributed by atoms with Crippen LogP contribution in [0.5, 0.6) is 0 Å². The maximum absolute atomic E-state index is 14.1. The highest BCUT2D eigenvalue weighted by molar-refractivity contribution is 7.20. The number of amides is 1. The molecule has 1 fully saturated rings. The molecule has 1 aliphatic rings. The van der Waals surface area contributed by atoms with E-state index in [1.54, 1.807) is 10.9 Å². The SMILES string of the molecule is O=C(c1cnn(-c2nc3ccccc3s2)c1)N(Cc1c(F)cccc1F)C1CC1. The molecular weight excluding hydrogens is 394 g/mol. The summed E-state index contributed by atoms with van der Waals surface area (Å²) in [6.07, 6.45) is 4.75. The number of rotatable bonds is 5. The van der Waals surface area contributed by atoms with Gasteiger partial charge in [0, 0.05) is 17.8 Å². The maximum atomic E-state index is 14.1. The second kappa shape index (κ2) is 7.04. The summed E-state index contributed by atoms with van der Waals surface area (Å²) in [4.78, 5) is 19.1. The number of thiazole rings is 1. The van der Waals surface area contributed by atoms with Crippen LogP contribution in [0.3, 0.4) is 0 Å². The fourth-order valence-corrected chi connectivity index (χ4v) is 4.17. The Balaban J connectivity index is 1.43. The van der Waals surface area contributed by atoms with Crippen molar-refractivity contribution >= 4 is 27.5 Å². The van der Waals surface area contributed by atoms with Gasteiger partial charge in [-0.2, -0.15) is 5.10 Å². The predicted molar refractivity (Wildman–Crippen MR) is 106 cm³/mol. The number of halogens is 2. The van der Waals surface area contributed by atoms with Gasteiger partial charge >= 0.3 is 0 Å². The van der Waals surface area contributed by atoms with E-state index >= 15 is 0 Å². The molecule has 0 saturated heterocycles. The van der Waals surface area contributed by atoms with E-state index < -0.39 is 11.6 Å². The smallest absolute Gasteiger partial charge is 0.257 e. The second-order valence-corrected chi connectivity index (χ2v) is 8.01. The third kappa shape index (κ3) is 3.40. The number of aromatic nitrogens is 3. The van der Waals surface area contributed by atoms with Crippen LogP contribution in [-0.4, -0.2) is 31.6 Å². The molecule has 0 radical (unpaired) electrons. The fourth-order valence-electron chi connectivity index (χ4n) is 3.27. The van der Waals surface area contributed by atoms with Crippen LogP contribution in [0.15, 0.2) is 54.9 Å². The first-order chi connectivity index (χ1) is 14.1. The third-order valence-corrected chi connectivity index (χ3v) is 5.97. The number of hydrogen-bond donors (Lipinski definition) is 0. The number of benzene rings is 2. The Morgan fingerprint density at radius 3 is 2.62 bits per heavy atom. The van der Waals surface area contributed by atoms with E-state index in [4.69, 9.17) is 0 Å². The highest BCUT2D eigenvalue weighted by atomic mass is 32.1. The lowest BCUT2D eigenvalue weighted by molar-refractivity contribution is 0.0726. The molecule has 0 bridgehead atoms. The monoisotopic (exact) mass is 410 g/mol. The van der Waals surface area contributed by atoms with Crippen molar-refractivity contribution in [1.82, 2.24) is 19.7 Å². The van der Waals surface area contributed by atoms with Crippen molar-refractivity contribution in [3.8, 4) is 5.13 Å². The van der Waals surface area contributed by atoms with E-state index in [2.05, 4.69) is 10.1 Å². The molecule has 2 aromatic heterocycles. The maximum Gasteiger partial charge on any atom is 0.257 e. The molecule has 8 heteroatoms. The number of nitrogens with zero attached hydrogens (tertiary/aromatic N) is 4. The summed E-state index contributed by atoms with van der Waals surface area (Å²) < 4.78 is 30.8. The van der Waals surface area contributed by atoms with Gasteiger partial charge in [0.05, 0.1) is 28.5 Å². The lowest BCUT2D eigenvalue weighted by atomic mass is 10.1. The number of fused-ring (bicyclic) bond motifs is 1. The van der Waals surface area contributed by atoms with Gasteiger partial charge in [0.2, 0.25) is 5.13 Å². The Hall–Kier alpha value is -3.13. The van der Waals surface area contributed by atoms with Gasteiger partial charge in [-0.1, -0.05) is 29.5 Å². The first kappa shape index (κ1) is 17.9. The van der Waals surface area contributed by atoms with Gasteiger partial charge in [0.1, 0.15) is 11.6 Å². The fraction of sp³-hybridized carbons (Fsp3) is 0.190. The van der Waals surface area contributed by atoms with Crippen molar-refractivity contribution in [3.05, 3.63) is 77.6 Å². The molecule has 29 heavy (non-hydrogen) atoms. The minimum Gasteiger partial charge on any atom is -0.331 e. The molecule has 0 atom stereocenters. The summed E-state index contributed by atoms with van der Waals surface area (Å²) in [5.41, 5.74) is 1.14. The minimum absolute atomic E-state index is 0.00712. The molecule has 2 heterocycles. The molecule has 4 aromatic rings. The first-order valence-corrected chi connectivity index (χ1v) is 10.1. The molecule has 0 N–H and O–H groups in total. The molecule has 5 nitrogen and oxygen atoms in total. The normalized spacial score (nSPS) is 13.7. The van der Waals surface area contributed by atoms with Crippen LogP contribution in [0.2, 0.25) is 0 Å². The van der Waals surface area contributed by atoms with E-state index in [9.17, 15) is 13.6 Å². The zero-order chi connectivity index (χ0) is 20.0. The van der Waals surface area contributed by atoms with Crippen LogP contribution in [0, 0.1) is 11.6 Å². The van der Waals surface area contributed by atoms with Gasteiger partial charge in [-0.3, -0.25) is 4.79 Å². The Labute approximate surface area is 169 Å². The zero-order valence-corrected chi connectivity index (χ0v) is 16.1. The molecule has 5 rings (SSSR count). The number of carbonyl (C=O) groups excluding carboxylic acids is 1. The summed E-state index contributed by atoms with van der Waals surface area (Å²) >= 11 is 1.47. The van der Waals surface area contributed by atoms with Gasteiger partial charge < -0.3 is 4.90 Å². The number of hydrogen-bond acceptors (Lipinski definition) is 4. The van der Waals surface area contributed by atoms with Gasteiger partial charge in [0.15, 0.2) is 0 Å². The summed E-state index contributed by atoms with van der Waals surface area (Å²) in [5.74, 6) is -1.58. The summed E-state index contributed by atoms with van der Waals surface area (Å²) in [6, 6.07) is 11.5. The number of carbonyl (C=O) groups is 1. The summed E-state index contributed by atoms with van der Waals surface area (Å²) in [5, 5.41) is 4.93. The van der Waals surface area contributed by atoms with Crippen molar-refractivity contribution in [2.75, 3.05) is 0 Å². The van der Waals surface area contributed by atoms with E-state index in [0.29, 0.717) is 10.7 Å². The van der Waals surface area contributed by atoms with Gasteiger partial charge in [-0.25, -0.2) is 18.4 Å². The van der Waals surface area contributed by atoms with E-state index in [0.717, 1.165) is 23.1 Å². The molecule has 1 amide bonds. The highest BCUT2D eigenvalue weighted by Crippen LogP contribution is 2.31. The molecule has 2 aromatic carbocycles. The Morgan fingerprint density at radius 1 is 1.14 bits per heavy atom. The van der Waals surface area contributed by atoms with Crippen molar-refractivity contribution < 1.29 is 13.6 Å². The summed E-state index contributed by atoms with van der Waals surface area (Å²) in [6.45, 7) is -0.103. The molecule has 1 saturated carbocycles. The van der Waals surface area contributed by atoms with Crippen molar-refractivity contribution in [1.29, 1.82) is 0 Å². The number of para-hydroxylation sites is 1. The van der Waals surface area contributed by atoms with Gasteiger partial charge in [-0.15, -0.1) is 0 Å². The Bertz CT molecular complexity index is 1160. The van der Waals surface area contributed by atoms with Gasteiger partial charge in [-0.05, 0) is 37.1 Å². The molecule has 1 aliphatic carbocycles. The average Bonchev–Trinajstić information content (AvgIpc) is 3.27.